The zero-order chi connectivity index (χ0) is 15.2. The summed E-state index contributed by atoms with van der Waals surface area (Å²) >= 11 is 0. The van der Waals surface area contributed by atoms with Crippen molar-refractivity contribution >= 4 is 5.84 Å². The van der Waals surface area contributed by atoms with Gasteiger partial charge in [-0.05, 0) is 18.2 Å². The van der Waals surface area contributed by atoms with Crippen LogP contribution in [0.5, 0.6) is 17.2 Å². The van der Waals surface area contributed by atoms with Gasteiger partial charge in [0, 0.05) is 5.56 Å². The van der Waals surface area contributed by atoms with E-state index in [2.05, 4.69) is 0 Å². The van der Waals surface area contributed by atoms with Crippen molar-refractivity contribution in [3.8, 4) is 17.2 Å². The van der Waals surface area contributed by atoms with Crippen LogP contribution in [-0.2, 0) is 6.61 Å². The molecule has 5 heteroatoms. The highest BCUT2D eigenvalue weighted by atomic mass is 16.5. The summed E-state index contributed by atoms with van der Waals surface area (Å²) in [6.45, 7) is 0.296. The van der Waals surface area contributed by atoms with Crippen LogP contribution in [0.2, 0.25) is 0 Å². The Balaban J connectivity index is 2.29. The van der Waals surface area contributed by atoms with E-state index in [1.807, 2.05) is 24.3 Å². The van der Waals surface area contributed by atoms with Crippen LogP contribution in [0, 0.1) is 5.41 Å². The van der Waals surface area contributed by atoms with Crippen LogP contribution in [0.3, 0.4) is 0 Å². The van der Waals surface area contributed by atoms with Crippen molar-refractivity contribution in [3.05, 3.63) is 53.6 Å². The topological polar surface area (TPSA) is 77.6 Å². The van der Waals surface area contributed by atoms with Gasteiger partial charge in [0.05, 0.1) is 19.8 Å². The van der Waals surface area contributed by atoms with Crippen molar-refractivity contribution in [2.24, 2.45) is 5.73 Å². The van der Waals surface area contributed by atoms with E-state index in [-0.39, 0.29) is 5.84 Å². The van der Waals surface area contributed by atoms with E-state index in [0.29, 0.717) is 23.7 Å². The summed E-state index contributed by atoms with van der Waals surface area (Å²) in [6.07, 6.45) is 0. The van der Waals surface area contributed by atoms with Gasteiger partial charge in [0.25, 0.3) is 0 Å². The number of amidine groups is 1. The second-order valence-corrected chi connectivity index (χ2v) is 4.35. The molecular formula is C16H18N2O3. The number of methoxy groups -OCH3 is 2. The van der Waals surface area contributed by atoms with E-state index in [1.54, 1.807) is 32.4 Å². The maximum atomic E-state index is 7.63. The highest BCUT2D eigenvalue weighted by Gasteiger charge is 2.13. The quantitative estimate of drug-likeness (QED) is 0.632. The number of ether oxygens (including phenoxy) is 3. The van der Waals surface area contributed by atoms with E-state index in [0.717, 1.165) is 11.3 Å². The molecule has 0 amide bonds. The largest absolute Gasteiger partial charge is 0.496 e. The van der Waals surface area contributed by atoms with Gasteiger partial charge < -0.3 is 19.9 Å². The molecule has 5 nitrogen and oxygen atoms in total. The van der Waals surface area contributed by atoms with Gasteiger partial charge >= 0.3 is 0 Å². The lowest BCUT2D eigenvalue weighted by atomic mass is 10.1. The van der Waals surface area contributed by atoms with Gasteiger partial charge in [-0.2, -0.15) is 0 Å². The minimum Gasteiger partial charge on any atom is -0.496 e. The Bertz CT molecular complexity index is 641. The first kappa shape index (κ1) is 14.7. The zero-order valence-electron chi connectivity index (χ0n) is 12.1. The minimum absolute atomic E-state index is 0.0658. The molecule has 0 bridgehead atoms. The Kier molecular flexibility index (Phi) is 4.66. The third-order valence-corrected chi connectivity index (χ3v) is 3.05. The number of nitrogens with two attached hydrogens (primary N) is 1. The fourth-order valence-electron chi connectivity index (χ4n) is 2.01. The number of hydrogen-bond donors (Lipinski definition) is 2. The first-order valence-electron chi connectivity index (χ1n) is 6.43. The third-order valence-electron chi connectivity index (χ3n) is 3.05. The molecule has 0 atom stereocenters. The Morgan fingerprint density at radius 2 is 1.67 bits per heavy atom. The monoisotopic (exact) mass is 286 g/mol. The SMILES string of the molecule is COc1ccccc1COc1c(OC)cccc1C(=N)N. The van der Waals surface area contributed by atoms with E-state index >= 15 is 0 Å². The fraction of sp³-hybridized carbons (Fsp3) is 0.188. The lowest BCUT2D eigenvalue weighted by Crippen LogP contribution is -2.13. The average Bonchev–Trinajstić information content (AvgIpc) is 2.52. The molecule has 0 fully saturated rings. The van der Waals surface area contributed by atoms with Crippen LogP contribution in [0.1, 0.15) is 11.1 Å². The number of para-hydroxylation sites is 2. The maximum absolute atomic E-state index is 7.63. The van der Waals surface area contributed by atoms with Crippen LogP contribution in [0.4, 0.5) is 0 Å². The van der Waals surface area contributed by atoms with E-state index in [4.69, 9.17) is 25.4 Å². The summed E-state index contributed by atoms with van der Waals surface area (Å²) in [7, 11) is 3.16. The normalized spacial score (nSPS) is 10.0. The van der Waals surface area contributed by atoms with Crippen LogP contribution in [-0.4, -0.2) is 20.1 Å². The van der Waals surface area contributed by atoms with Gasteiger partial charge in [-0.25, -0.2) is 0 Å². The van der Waals surface area contributed by atoms with Crippen molar-refractivity contribution in [1.29, 1.82) is 5.41 Å². The van der Waals surface area contributed by atoms with Crippen molar-refractivity contribution in [3.63, 3.8) is 0 Å². The van der Waals surface area contributed by atoms with Gasteiger partial charge in [-0.15, -0.1) is 0 Å². The molecule has 0 saturated heterocycles. The Morgan fingerprint density at radius 3 is 2.33 bits per heavy atom. The maximum Gasteiger partial charge on any atom is 0.172 e. The number of nitrogens with one attached hydrogen (secondary N) is 1. The predicted octanol–water partition coefficient (Wildman–Crippen LogP) is 2.57. The molecule has 0 aliphatic carbocycles. The van der Waals surface area contributed by atoms with Crippen LogP contribution in [0.25, 0.3) is 0 Å². The summed E-state index contributed by atoms with van der Waals surface area (Å²) in [4.78, 5) is 0. The van der Waals surface area contributed by atoms with Gasteiger partial charge in [-0.1, -0.05) is 24.3 Å². The molecule has 2 rings (SSSR count). The van der Waals surface area contributed by atoms with Crippen LogP contribution < -0.4 is 19.9 Å². The lowest BCUT2D eigenvalue weighted by molar-refractivity contribution is 0.277. The Morgan fingerprint density at radius 1 is 1.00 bits per heavy atom. The van der Waals surface area contributed by atoms with Gasteiger partial charge in [0.1, 0.15) is 18.2 Å². The minimum atomic E-state index is -0.0658. The van der Waals surface area contributed by atoms with E-state index in [1.165, 1.54) is 0 Å². The van der Waals surface area contributed by atoms with Crippen molar-refractivity contribution in [2.45, 2.75) is 6.61 Å². The smallest absolute Gasteiger partial charge is 0.172 e. The summed E-state index contributed by atoms with van der Waals surface area (Å²) in [5.74, 6) is 1.68. The first-order chi connectivity index (χ1) is 10.2. The van der Waals surface area contributed by atoms with Crippen LogP contribution in [0.15, 0.2) is 42.5 Å². The van der Waals surface area contributed by atoms with E-state index < -0.39 is 0 Å². The molecule has 0 unspecified atom stereocenters. The zero-order valence-corrected chi connectivity index (χ0v) is 12.1. The number of nitrogen functional groups attached to an aromatic ring is 1. The van der Waals surface area contributed by atoms with E-state index in [9.17, 15) is 0 Å². The number of rotatable bonds is 6. The second-order valence-electron chi connectivity index (χ2n) is 4.35. The molecule has 0 aromatic heterocycles. The average molecular weight is 286 g/mol. The molecular weight excluding hydrogens is 268 g/mol. The molecule has 0 aliphatic heterocycles. The third kappa shape index (κ3) is 3.25. The highest BCUT2D eigenvalue weighted by Crippen LogP contribution is 2.32. The van der Waals surface area contributed by atoms with Gasteiger partial charge in [0.15, 0.2) is 11.5 Å². The Hall–Kier alpha value is -2.69. The molecule has 110 valence electrons. The molecule has 0 radical (unpaired) electrons. The standard InChI is InChI=1S/C16H18N2O3/c1-19-13-8-4-3-6-11(13)10-21-15-12(16(17)18)7-5-9-14(15)20-2/h3-9H,10H2,1-2H3,(H3,17,18). The van der Waals surface area contributed by atoms with Crippen LogP contribution >= 0.6 is 0 Å². The van der Waals surface area contributed by atoms with Crippen molar-refractivity contribution in [2.75, 3.05) is 14.2 Å². The summed E-state index contributed by atoms with van der Waals surface area (Å²) < 4.78 is 16.4. The van der Waals surface area contributed by atoms with Crippen molar-refractivity contribution < 1.29 is 14.2 Å². The van der Waals surface area contributed by atoms with Gasteiger partial charge in [-0.3, -0.25) is 5.41 Å². The molecule has 2 aromatic carbocycles. The molecule has 0 saturated carbocycles. The summed E-state index contributed by atoms with van der Waals surface area (Å²) in [5.41, 5.74) is 6.99. The Labute approximate surface area is 123 Å². The molecule has 0 heterocycles. The number of hydrogen-bond acceptors (Lipinski definition) is 4. The van der Waals surface area contributed by atoms with Gasteiger partial charge in [0.2, 0.25) is 0 Å². The second kappa shape index (κ2) is 6.65. The molecule has 2 aromatic rings. The fourth-order valence-corrected chi connectivity index (χ4v) is 2.01. The molecule has 3 N–H and O–H groups in total. The summed E-state index contributed by atoms with van der Waals surface area (Å²) in [6, 6.07) is 12.9. The molecule has 0 aliphatic rings. The highest BCUT2D eigenvalue weighted by molar-refractivity contribution is 5.98. The predicted molar refractivity (Wildman–Crippen MR) is 81.3 cm³/mol. The van der Waals surface area contributed by atoms with Crippen molar-refractivity contribution in [1.82, 2.24) is 0 Å². The first-order valence-corrected chi connectivity index (χ1v) is 6.43. The molecule has 0 spiro atoms. The number of benzene rings is 2. The summed E-state index contributed by atoms with van der Waals surface area (Å²) in [5, 5.41) is 7.63. The molecule has 21 heavy (non-hydrogen) atoms. The lowest BCUT2D eigenvalue weighted by Gasteiger charge is -2.15.